The standard InChI is InChI=1S/C23H25ClN4O4/c1-12-8-9-15(24)10-16(12)28-22(26-13(2)27-28)21-19(29)18(25)20-17(31-21)11-30-23(32-20)14-6-4-3-5-7-14/h3-10,17-21,23,29H,11,25H2,1-2H3/t17?,18?,19?,20-,21+,23?/m0/s1. The summed E-state index contributed by atoms with van der Waals surface area (Å²) >= 11 is 6.22. The van der Waals surface area contributed by atoms with E-state index in [2.05, 4.69) is 10.1 Å². The lowest BCUT2D eigenvalue weighted by molar-refractivity contribution is -0.309. The van der Waals surface area contributed by atoms with E-state index in [0.29, 0.717) is 16.7 Å². The van der Waals surface area contributed by atoms with Gasteiger partial charge in [-0.1, -0.05) is 48.0 Å². The summed E-state index contributed by atoms with van der Waals surface area (Å²) in [6.07, 6.45) is -3.38. The van der Waals surface area contributed by atoms with Crippen LogP contribution in [-0.2, 0) is 14.2 Å². The molecule has 2 aromatic carbocycles. The second-order valence-corrected chi connectivity index (χ2v) is 8.64. The maximum absolute atomic E-state index is 11.1. The smallest absolute Gasteiger partial charge is 0.184 e. The number of nitrogens with two attached hydrogens (primary N) is 1. The van der Waals surface area contributed by atoms with Crippen molar-refractivity contribution in [2.24, 2.45) is 5.73 Å². The van der Waals surface area contributed by atoms with Gasteiger partial charge in [-0.05, 0) is 31.5 Å². The fourth-order valence-corrected chi connectivity index (χ4v) is 4.44. The van der Waals surface area contributed by atoms with E-state index in [1.807, 2.05) is 55.5 Å². The van der Waals surface area contributed by atoms with E-state index in [1.54, 1.807) is 11.6 Å². The van der Waals surface area contributed by atoms with Crippen molar-refractivity contribution >= 4 is 11.6 Å². The molecule has 2 saturated heterocycles. The number of aliphatic hydroxyl groups is 1. The molecule has 8 nitrogen and oxygen atoms in total. The van der Waals surface area contributed by atoms with Crippen LogP contribution in [0, 0.1) is 13.8 Å². The van der Waals surface area contributed by atoms with Gasteiger partial charge in [0.15, 0.2) is 12.1 Å². The fourth-order valence-electron chi connectivity index (χ4n) is 4.27. The van der Waals surface area contributed by atoms with E-state index in [9.17, 15) is 5.11 Å². The van der Waals surface area contributed by atoms with Gasteiger partial charge in [-0.3, -0.25) is 0 Å². The third kappa shape index (κ3) is 3.83. The van der Waals surface area contributed by atoms with Crippen LogP contribution < -0.4 is 5.73 Å². The average molecular weight is 457 g/mol. The summed E-state index contributed by atoms with van der Waals surface area (Å²) in [5.74, 6) is 1.01. The predicted molar refractivity (Wildman–Crippen MR) is 117 cm³/mol. The van der Waals surface area contributed by atoms with E-state index in [0.717, 1.165) is 16.8 Å². The van der Waals surface area contributed by atoms with Gasteiger partial charge >= 0.3 is 0 Å². The van der Waals surface area contributed by atoms with Crippen LogP contribution in [0.4, 0.5) is 0 Å². The van der Waals surface area contributed by atoms with Gasteiger partial charge in [0, 0.05) is 10.6 Å². The van der Waals surface area contributed by atoms with Crippen LogP contribution in [0.5, 0.6) is 0 Å². The van der Waals surface area contributed by atoms with Crippen molar-refractivity contribution in [2.45, 2.75) is 50.6 Å². The van der Waals surface area contributed by atoms with Crippen molar-refractivity contribution in [3.8, 4) is 5.69 Å². The summed E-state index contributed by atoms with van der Waals surface area (Å²) in [7, 11) is 0. The Morgan fingerprint density at radius 1 is 1.12 bits per heavy atom. The number of halogens is 1. The van der Waals surface area contributed by atoms with Crippen molar-refractivity contribution in [3.05, 3.63) is 76.3 Å². The Morgan fingerprint density at radius 2 is 1.91 bits per heavy atom. The Balaban J connectivity index is 1.44. The number of fused-ring (bicyclic) bond motifs is 1. The van der Waals surface area contributed by atoms with Gasteiger partial charge in [0.2, 0.25) is 0 Å². The van der Waals surface area contributed by atoms with Gasteiger partial charge in [0.25, 0.3) is 0 Å². The molecule has 3 heterocycles. The van der Waals surface area contributed by atoms with Gasteiger partial charge in [0.05, 0.1) is 18.3 Å². The molecule has 0 spiro atoms. The monoisotopic (exact) mass is 456 g/mol. The first-order valence-electron chi connectivity index (χ1n) is 10.5. The Hall–Kier alpha value is -2.33. The lowest BCUT2D eigenvalue weighted by Crippen LogP contribution is -2.62. The molecule has 6 atom stereocenters. The fraction of sp³-hybridized carbons (Fsp3) is 0.391. The molecule has 32 heavy (non-hydrogen) atoms. The summed E-state index contributed by atoms with van der Waals surface area (Å²) < 4.78 is 19.9. The third-order valence-electron chi connectivity index (χ3n) is 5.93. The Labute approximate surface area is 190 Å². The molecule has 0 amide bonds. The molecule has 168 valence electrons. The van der Waals surface area contributed by atoms with Crippen molar-refractivity contribution < 1.29 is 19.3 Å². The summed E-state index contributed by atoms with van der Waals surface area (Å²) in [6.45, 7) is 4.03. The molecule has 0 aliphatic carbocycles. The molecule has 2 aliphatic heterocycles. The Bertz CT molecular complexity index is 1110. The van der Waals surface area contributed by atoms with Gasteiger partial charge < -0.3 is 25.1 Å². The number of hydrogen-bond donors (Lipinski definition) is 2. The third-order valence-corrected chi connectivity index (χ3v) is 6.16. The van der Waals surface area contributed by atoms with Crippen LogP contribution in [-0.4, -0.2) is 50.8 Å². The number of benzene rings is 2. The summed E-state index contributed by atoms with van der Waals surface area (Å²) in [5, 5.41) is 16.2. The van der Waals surface area contributed by atoms with Gasteiger partial charge in [-0.2, -0.15) is 5.10 Å². The summed E-state index contributed by atoms with van der Waals surface area (Å²) in [4.78, 5) is 4.55. The van der Waals surface area contributed by atoms with Crippen LogP contribution in [0.25, 0.3) is 5.69 Å². The van der Waals surface area contributed by atoms with Crippen molar-refractivity contribution in [1.29, 1.82) is 0 Å². The molecule has 0 bridgehead atoms. The Kier molecular flexibility index (Phi) is 5.75. The highest BCUT2D eigenvalue weighted by Crippen LogP contribution is 2.38. The second-order valence-electron chi connectivity index (χ2n) is 8.20. The zero-order valence-electron chi connectivity index (χ0n) is 17.8. The zero-order valence-corrected chi connectivity index (χ0v) is 18.5. The minimum absolute atomic E-state index is 0.282. The number of nitrogens with zero attached hydrogens (tertiary/aromatic N) is 3. The lowest BCUT2D eigenvalue weighted by Gasteiger charge is -2.46. The summed E-state index contributed by atoms with van der Waals surface area (Å²) in [5.41, 5.74) is 9.08. The number of aryl methyl sites for hydroxylation is 2. The lowest BCUT2D eigenvalue weighted by atomic mass is 9.92. The highest BCUT2D eigenvalue weighted by molar-refractivity contribution is 6.30. The molecular formula is C23H25ClN4O4. The first-order valence-corrected chi connectivity index (χ1v) is 10.9. The highest BCUT2D eigenvalue weighted by Gasteiger charge is 2.49. The van der Waals surface area contributed by atoms with Crippen LogP contribution in [0.15, 0.2) is 48.5 Å². The molecule has 0 saturated carbocycles. The number of aromatic nitrogens is 3. The number of aliphatic hydroxyl groups excluding tert-OH is 1. The molecule has 1 aromatic heterocycles. The molecule has 4 unspecified atom stereocenters. The van der Waals surface area contributed by atoms with E-state index in [-0.39, 0.29) is 6.61 Å². The number of rotatable bonds is 3. The van der Waals surface area contributed by atoms with Crippen LogP contribution >= 0.6 is 11.6 Å². The molecule has 2 fully saturated rings. The highest BCUT2D eigenvalue weighted by atomic mass is 35.5. The van der Waals surface area contributed by atoms with Crippen LogP contribution in [0.1, 0.15) is 35.2 Å². The molecule has 3 aromatic rings. The Morgan fingerprint density at radius 3 is 2.69 bits per heavy atom. The summed E-state index contributed by atoms with van der Waals surface area (Å²) in [6, 6.07) is 14.5. The van der Waals surface area contributed by atoms with Gasteiger partial charge in [-0.25, -0.2) is 9.67 Å². The molecule has 9 heteroatoms. The average Bonchev–Trinajstić information content (AvgIpc) is 3.19. The second kappa shape index (κ2) is 8.55. The van der Waals surface area contributed by atoms with E-state index >= 15 is 0 Å². The quantitative estimate of drug-likeness (QED) is 0.624. The minimum Gasteiger partial charge on any atom is -0.388 e. The molecule has 0 radical (unpaired) electrons. The SMILES string of the molecule is Cc1nc([C@@H]2OC3COC(c4ccccc4)O[C@@H]3C(N)C2O)n(-c2cc(Cl)ccc2C)n1. The maximum Gasteiger partial charge on any atom is 0.184 e. The first kappa shape index (κ1) is 21.5. The van der Waals surface area contributed by atoms with Crippen LogP contribution in [0.2, 0.25) is 5.02 Å². The number of ether oxygens (including phenoxy) is 3. The minimum atomic E-state index is -1.05. The predicted octanol–water partition coefficient (Wildman–Crippen LogP) is 2.78. The van der Waals surface area contributed by atoms with Crippen molar-refractivity contribution in [2.75, 3.05) is 6.61 Å². The molecule has 5 rings (SSSR count). The van der Waals surface area contributed by atoms with E-state index in [4.69, 9.17) is 31.5 Å². The topological polar surface area (TPSA) is 105 Å². The van der Waals surface area contributed by atoms with Crippen molar-refractivity contribution in [3.63, 3.8) is 0 Å². The largest absolute Gasteiger partial charge is 0.388 e. The van der Waals surface area contributed by atoms with Crippen molar-refractivity contribution in [1.82, 2.24) is 14.8 Å². The van der Waals surface area contributed by atoms with Gasteiger partial charge in [-0.15, -0.1) is 0 Å². The van der Waals surface area contributed by atoms with E-state index < -0.39 is 36.7 Å². The maximum atomic E-state index is 11.1. The first-order chi connectivity index (χ1) is 15.4. The molecular weight excluding hydrogens is 432 g/mol. The normalized spacial score (nSPS) is 30.2. The number of hydrogen-bond acceptors (Lipinski definition) is 7. The van der Waals surface area contributed by atoms with E-state index in [1.165, 1.54) is 0 Å². The zero-order chi connectivity index (χ0) is 22.4. The molecule has 3 N–H and O–H groups in total. The van der Waals surface area contributed by atoms with Gasteiger partial charge in [0.1, 0.15) is 30.2 Å². The van der Waals surface area contributed by atoms with Crippen LogP contribution in [0.3, 0.4) is 0 Å². The molecule has 2 aliphatic rings.